The topological polar surface area (TPSA) is 103 Å². The Hall–Kier alpha value is -2.41. The quantitative estimate of drug-likeness (QED) is 0.758. The van der Waals surface area contributed by atoms with Gasteiger partial charge in [0.25, 0.3) is 0 Å². The fourth-order valence-electron chi connectivity index (χ4n) is 1.86. The molecular weight excluding hydrogens is 284 g/mol. The fraction of sp³-hybridized carbons (Fsp3) is 0.400. The standard InChI is InChI=1S/C15H20N4O3/c1-2-21-12-5-3-11(4-6-12)15-18-14(22-19-15)8-7-13(20)17-10-9-16/h3-6H,2,7-10,16H2,1H3,(H,17,20). The monoisotopic (exact) mass is 304 g/mol. The van der Waals surface area contributed by atoms with E-state index in [2.05, 4.69) is 15.5 Å². The van der Waals surface area contributed by atoms with Crippen LogP contribution in [-0.2, 0) is 11.2 Å². The number of aryl methyl sites for hydroxylation is 1. The lowest BCUT2D eigenvalue weighted by Gasteiger charge is -2.02. The zero-order chi connectivity index (χ0) is 15.8. The van der Waals surface area contributed by atoms with E-state index in [0.29, 0.717) is 44.3 Å². The highest BCUT2D eigenvalue weighted by molar-refractivity contribution is 5.76. The minimum atomic E-state index is -0.0775. The Kier molecular flexibility index (Phi) is 5.91. The van der Waals surface area contributed by atoms with E-state index < -0.39 is 0 Å². The van der Waals surface area contributed by atoms with Gasteiger partial charge < -0.3 is 20.3 Å². The summed E-state index contributed by atoms with van der Waals surface area (Å²) in [5.74, 6) is 1.66. The molecule has 2 rings (SSSR count). The SMILES string of the molecule is CCOc1ccc(-c2noc(CCC(=O)NCCN)n2)cc1. The average Bonchev–Trinajstić information content (AvgIpc) is 3.01. The highest BCUT2D eigenvalue weighted by Crippen LogP contribution is 2.20. The molecule has 0 unspecified atom stereocenters. The maximum Gasteiger partial charge on any atom is 0.227 e. The third-order valence-corrected chi connectivity index (χ3v) is 2.92. The maximum absolute atomic E-state index is 11.5. The first-order valence-electron chi connectivity index (χ1n) is 7.25. The van der Waals surface area contributed by atoms with E-state index in [-0.39, 0.29) is 5.91 Å². The van der Waals surface area contributed by atoms with Crippen LogP contribution in [-0.4, -0.2) is 35.7 Å². The molecule has 0 aliphatic rings. The number of carbonyl (C=O) groups excluding carboxylic acids is 1. The number of nitrogens with two attached hydrogens (primary N) is 1. The number of hydrogen-bond donors (Lipinski definition) is 2. The third kappa shape index (κ3) is 4.56. The largest absolute Gasteiger partial charge is 0.494 e. The van der Waals surface area contributed by atoms with Gasteiger partial charge in [-0.05, 0) is 31.2 Å². The molecule has 0 saturated carbocycles. The molecular formula is C15H20N4O3. The predicted octanol–water partition coefficient (Wildman–Crippen LogP) is 1.14. The Morgan fingerprint density at radius 1 is 1.36 bits per heavy atom. The first kappa shape index (κ1) is 16.0. The number of ether oxygens (including phenoxy) is 1. The van der Waals surface area contributed by atoms with Crippen LogP contribution in [0.25, 0.3) is 11.4 Å². The van der Waals surface area contributed by atoms with E-state index in [0.717, 1.165) is 11.3 Å². The van der Waals surface area contributed by atoms with E-state index in [1.54, 1.807) is 0 Å². The van der Waals surface area contributed by atoms with Crippen LogP contribution in [0.5, 0.6) is 5.75 Å². The molecule has 7 nitrogen and oxygen atoms in total. The molecule has 0 aliphatic carbocycles. The van der Waals surface area contributed by atoms with Crippen molar-refractivity contribution in [1.82, 2.24) is 15.5 Å². The number of hydrogen-bond acceptors (Lipinski definition) is 6. The zero-order valence-electron chi connectivity index (χ0n) is 12.5. The lowest BCUT2D eigenvalue weighted by molar-refractivity contribution is -0.121. The number of aromatic nitrogens is 2. The Balaban J connectivity index is 1.91. The molecule has 22 heavy (non-hydrogen) atoms. The molecule has 2 aromatic rings. The molecule has 0 saturated heterocycles. The van der Waals surface area contributed by atoms with Crippen LogP contribution in [0.3, 0.4) is 0 Å². The van der Waals surface area contributed by atoms with Gasteiger partial charge in [-0.25, -0.2) is 0 Å². The minimum Gasteiger partial charge on any atom is -0.494 e. The van der Waals surface area contributed by atoms with E-state index >= 15 is 0 Å². The molecule has 0 aliphatic heterocycles. The number of nitrogens with zero attached hydrogens (tertiary/aromatic N) is 2. The van der Waals surface area contributed by atoms with Crippen molar-refractivity contribution >= 4 is 5.91 Å². The molecule has 0 bridgehead atoms. The van der Waals surface area contributed by atoms with Gasteiger partial charge in [0.15, 0.2) is 0 Å². The molecule has 0 fully saturated rings. The van der Waals surface area contributed by atoms with Crippen molar-refractivity contribution < 1.29 is 14.1 Å². The number of nitrogens with one attached hydrogen (secondary N) is 1. The Bertz CT molecular complexity index is 595. The van der Waals surface area contributed by atoms with Crippen molar-refractivity contribution in [2.45, 2.75) is 19.8 Å². The minimum absolute atomic E-state index is 0.0775. The van der Waals surface area contributed by atoms with Crippen molar-refractivity contribution in [2.24, 2.45) is 5.73 Å². The van der Waals surface area contributed by atoms with Crippen LogP contribution in [0.1, 0.15) is 19.2 Å². The second-order valence-corrected chi connectivity index (χ2v) is 4.61. The molecule has 1 heterocycles. The van der Waals surface area contributed by atoms with Crippen LogP contribution in [0.2, 0.25) is 0 Å². The summed E-state index contributed by atoms with van der Waals surface area (Å²) in [7, 11) is 0. The van der Waals surface area contributed by atoms with E-state index in [1.165, 1.54) is 0 Å². The van der Waals surface area contributed by atoms with Crippen LogP contribution in [0.15, 0.2) is 28.8 Å². The first-order chi connectivity index (χ1) is 10.7. The number of rotatable bonds is 8. The Labute approximate surface area is 128 Å². The van der Waals surface area contributed by atoms with Crippen LogP contribution >= 0.6 is 0 Å². The summed E-state index contributed by atoms with van der Waals surface area (Å²) in [4.78, 5) is 15.8. The van der Waals surface area contributed by atoms with Crippen molar-refractivity contribution in [2.75, 3.05) is 19.7 Å². The summed E-state index contributed by atoms with van der Waals surface area (Å²) in [5.41, 5.74) is 6.16. The Morgan fingerprint density at radius 3 is 2.82 bits per heavy atom. The zero-order valence-corrected chi connectivity index (χ0v) is 12.5. The van der Waals surface area contributed by atoms with Crippen molar-refractivity contribution in [3.63, 3.8) is 0 Å². The molecule has 1 amide bonds. The second kappa shape index (κ2) is 8.14. The summed E-state index contributed by atoms with van der Waals surface area (Å²) in [6.45, 7) is 3.45. The molecule has 3 N–H and O–H groups in total. The highest BCUT2D eigenvalue weighted by atomic mass is 16.5. The normalized spacial score (nSPS) is 10.5. The third-order valence-electron chi connectivity index (χ3n) is 2.92. The summed E-state index contributed by atoms with van der Waals surface area (Å²) < 4.78 is 10.5. The van der Waals surface area contributed by atoms with Crippen molar-refractivity contribution in [3.05, 3.63) is 30.2 Å². The van der Waals surface area contributed by atoms with Gasteiger partial charge in [-0.3, -0.25) is 4.79 Å². The molecule has 0 atom stereocenters. The molecule has 1 aromatic heterocycles. The molecule has 118 valence electrons. The summed E-state index contributed by atoms with van der Waals surface area (Å²) >= 11 is 0. The van der Waals surface area contributed by atoms with Crippen molar-refractivity contribution in [1.29, 1.82) is 0 Å². The highest BCUT2D eigenvalue weighted by Gasteiger charge is 2.10. The van der Waals surface area contributed by atoms with Gasteiger partial charge in [-0.15, -0.1) is 0 Å². The maximum atomic E-state index is 11.5. The van der Waals surface area contributed by atoms with Gasteiger partial charge in [0.2, 0.25) is 17.6 Å². The number of carbonyl (C=O) groups is 1. The first-order valence-corrected chi connectivity index (χ1v) is 7.25. The predicted molar refractivity (Wildman–Crippen MR) is 81.3 cm³/mol. The molecule has 0 spiro atoms. The summed E-state index contributed by atoms with van der Waals surface area (Å²) in [6.07, 6.45) is 0.700. The van der Waals surface area contributed by atoms with Gasteiger partial charge in [0, 0.05) is 31.5 Å². The van der Waals surface area contributed by atoms with Gasteiger partial charge in [0.05, 0.1) is 6.61 Å². The van der Waals surface area contributed by atoms with Crippen LogP contribution in [0, 0.1) is 0 Å². The molecule has 0 radical (unpaired) electrons. The smallest absolute Gasteiger partial charge is 0.227 e. The lowest BCUT2D eigenvalue weighted by Crippen LogP contribution is -2.29. The van der Waals surface area contributed by atoms with Crippen LogP contribution in [0.4, 0.5) is 0 Å². The number of amides is 1. The second-order valence-electron chi connectivity index (χ2n) is 4.61. The van der Waals surface area contributed by atoms with E-state index in [1.807, 2.05) is 31.2 Å². The fourth-order valence-corrected chi connectivity index (χ4v) is 1.86. The van der Waals surface area contributed by atoms with Gasteiger partial charge in [0.1, 0.15) is 5.75 Å². The van der Waals surface area contributed by atoms with Crippen LogP contribution < -0.4 is 15.8 Å². The molecule has 7 heteroatoms. The average molecular weight is 304 g/mol. The molecule has 1 aromatic carbocycles. The van der Waals surface area contributed by atoms with E-state index in [4.69, 9.17) is 15.0 Å². The lowest BCUT2D eigenvalue weighted by atomic mass is 10.2. The van der Waals surface area contributed by atoms with Crippen molar-refractivity contribution in [3.8, 4) is 17.1 Å². The summed E-state index contributed by atoms with van der Waals surface area (Å²) in [5, 5.41) is 6.62. The van der Waals surface area contributed by atoms with E-state index in [9.17, 15) is 4.79 Å². The number of benzene rings is 1. The van der Waals surface area contributed by atoms with Gasteiger partial charge >= 0.3 is 0 Å². The Morgan fingerprint density at radius 2 is 2.14 bits per heavy atom. The van der Waals surface area contributed by atoms with Gasteiger partial charge in [-0.2, -0.15) is 4.98 Å². The van der Waals surface area contributed by atoms with Gasteiger partial charge in [-0.1, -0.05) is 5.16 Å². The summed E-state index contributed by atoms with van der Waals surface area (Å²) in [6, 6.07) is 7.45.